The molecule has 0 radical (unpaired) electrons. The van der Waals surface area contributed by atoms with Gasteiger partial charge in [-0.05, 0) is 19.1 Å². The molecule has 23 heavy (non-hydrogen) atoms. The molecule has 0 bridgehead atoms. The highest BCUT2D eigenvalue weighted by Crippen LogP contribution is 2.38. The Kier molecular flexibility index (Phi) is 6.66. The van der Waals surface area contributed by atoms with E-state index in [0.717, 1.165) is 6.21 Å². The van der Waals surface area contributed by atoms with Crippen LogP contribution in [-0.2, 0) is 15.7 Å². The second-order valence-electron chi connectivity index (χ2n) is 4.06. The summed E-state index contributed by atoms with van der Waals surface area (Å²) in [6, 6.07) is 3.01. The quantitative estimate of drug-likeness (QED) is 0.482. The molecule has 5 nitrogen and oxygen atoms in total. The van der Waals surface area contributed by atoms with Crippen LogP contribution in [0, 0.1) is 17.2 Å². The van der Waals surface area contributed by atoms with Gasteiger partial charge in [0, 0.05) is 0 Å². The summed E-state index contributed by atoms with van der Waals surface area (Å²) in [6.45, 7) is 1.67. The smallest absolute Gasteiger partial charge is 0.416 e. The molecule has 1 unspecified atom stereocenters. The fourth-order valence-corrected chi connectivity index (χ4v) is 1.97. The molecule has 1 N–H and O–H groups in total. The highest BCUT2D eigenvalue weighted by molar-refractivity contribution is 6.39. The summed E-state index contributed by atoms with van der Waals surface area (Å²) in [4.78, 5) is 11.4. The van der Waals surface area contributed by atoms with Gasteiger partial charge in [0.05, 0.1) is 40.2 Å². The van der Waals surface area contributed by atoms with Crippen molar-refractivity contribution in [2.45, 2.75) is 13.1 Å². The van der Waals surface area contributed by atoms with E-state index in [1.807, 2.05) is 0 Å². The lowest BCUT2D eigenvalue weighted by molar-refractivity contribution is -0.143. The number of rotatable bonds is 5. The number of ether oxygens (including phenoxy) is 1. The van der Waals surface area contributed by atoms with E-state index < -0.39 is 23.6 Å². The Morgan fingerprint density at radius 1 is 1.48 bits per heavy atom. The number of nitrogens with zero attached hydrogens (tertiary/aromatic N) is 2. The van der Waals surface area contributed by atoms with Gasteiger partial charge >= 0.3 is 12.1 Å². The molecular formula is C13H10Cl2F3N3O2. The fraction of sp³-hybridized carbons (Fsp3) is 0.308. The van der Waals surface area contributed by atoms with Gasteiger partial charge in [0.2, 0.25) is 0 Å². The highest BCUT2D eigenvalue weighted by Gasteiger charge is 2.32. The number of hydrazone groups is 1. The molecule has 1 aromatic rings. The number of anilines is 1. The van der Waals surface area contributed by atoms with E-state index in [2.05, 4.69) is 15.3 Å². The molecule has 0 aliphatic heterocycles. The van der Waals surface area contributed by atoms with Gasteiger partial charge in [0.25, 0.3) is 0 Å². The predicted molar refractivity (Wildman–Crippen MR) is 79.3 cm³/mol. The molecule has 10 heteroatoms. The van der Waals surface area contributed by atoms with Gasteiger partial charge in [-0.15, -0.1) is 0 Å². The Morgan fingerprint density at radius 2 is 2.04 bits per heavy atom. The Bertz CT molecular complexity index is 634. The number of hydrogen-bond donors (Lipinski definition) is 1. The minimum absolute atomic E-state index is 0.0851. The maximum atomic E-state index is 12.6. The molecule has 0 fully saturated rings. The maximum Gasteiger partial charge on any atom is 0.416 e. The summed E-state index contributed by atoms with van der Waals surface area (Å²) in [5.74, 6) is -2.07. The van der Waals surface area contributed by atoms with E-state index in [-0.39, 0.29) is 22.3 Å². The molecule has 0 amide bonds. The second kappa shape index (κ2) is 8.04. The summed E-state index contributed by atoms with van der Waals surface area (Å²) < 4.78 is 42.4. The van der Waals surface area contributed by atoms with Crippen molar-refractivity contribution in [2.24, 2.45) is 11.0 Å². The van der Waals surface area contributed by atoms with Gasteiger partial charge in [-0.3, -0.25) is 10.2 Å². The first kappa shape index (κ1) is 19.1. The molecule has 0 heterocycles. The normalized spacial score (nSPS) is 12.7. The van der Waals surface area contributed by atoms with E-state index in [4.69, 9.17) is 28.5 Å². The Morgan fingerprint density at radius 3 is 2.48 bits per heavy atom. The number of carbonyl (C=O) groups is 1. The standard InChI is InChI=1S/C13H10Cl2F3N3O2/c1-2-23-12(22)7(5-19)6-20-21-11-9(14)3-8(4-10(11)15)13(16,17)18/h3-4,6-7,21H,2H2,1H3/b20-6+. The number of halogens is 5. The minimum atomic E-state index is -4.59. The first-order valence-corrected chi connectivity index (χ1v) is 6.88. The van der Waals surface area contributed by atoms with Crippen LogP contribution in [0.3, 0.4) is 0 Å². The second-order valence-corrected chi connectivity index (χ2v) is 4.88. The Hall–Kier alpha value is -1.98. The summed E-state index contributed by atoms with van der Waals surface area (Å²) in [7, 11) is 0. The molecular weight excluding hydrogens is 358 g/mol. The van der Waals surface area contributed by atoms with Crippen LogP contribution in [0.15, 0.2) is 17.2 Å². The number of carbonyl (C=O) groups excluding carboxylic acids is 1. The van der Waals surface area contributed by atoms with Gasteiger partial charge in [-0.1, -0.05) is 23.2 Å². The van der Waals surface area contributed by atoms with Crippen LogP contribution in [-0.4, -0.2) is 18.8 Å². The molecule has 0 spiro atoms. The van der Waals surface area contributed by atoms with E-state index in [0.29, 0.717) is 12.1 Å². The van der Waals surface area contributed by atoms with Crippen molar-refractivity contribution in [3.8, 4) is 6.07 Å². The van der Waals surface area contributed by atoms with E-state index in [1.165, 1.54) is 0 Å². The first-order chi connectivity index (χ1) is 10.7. The zero-order chi connectivity index (χ0) is 17.6. The number of alkyl halides is 3. The summed E-state index contributed by atoms with van der Waals surface area (Å²) in [5.41, 5.74) is 1.21. The van der Waals surface area contributed by atoms with E-state index in [1.54, 1.807) is 13.0 Å². The van der Waals surface area contributed by atoms with Crippen LogP contribution >= 0.6 is 23.2 Å². The maximum absolute atomic E-state index is 12.6. The zero-order valence-electron chi connectivity index (χ0n) is 11.6. The van der Waals surface area contributed by atoms with Crippen molar-refractivity contribution in [1.29, 1.82) is 5.26 Å². The molecule has 0 aromatic heterocycles. The molecule has 1 aromatic carbocycles. The molecule has 0 aliphatic rings. The average Bonchev–Trinajstić information content (AvgIpc) is 2.44. The molecule has 0 aliphatic carbocycles. The van der Waals surface area contributed by atoms with Gasteiger partial charge in [-0.2, -0.15) is 23.5 Å². The van der Waals surface area contributed by atoms with Crippen molar-refractivity contribution >= 4 is 41.1 Å². The van der Waals surface area contributed by atoms with Crippen LogP contribution in [0.5, 0.6) is 0 Å². The lowest BCUT2D eigenvalue weighted by Gasteiger charge is -2.11. The predicted octanol–water partition coefficient (Wildman–Crippen LogP) is 4.11. The van der Waals surface area contributed by atoms with Crippen LogP contribution < -0.4 is 5.43 Å². The van der Waals surface area contributed by atoms with Crippen molar-refractivity contribution in [3.63, 3.8) is 0 Å². The SMILES string of the molecule is CCOC(=O)C(C#N)/C=N/Nc1c(Cl)cc(C(F)(F)F)cc1Cl. The minimum Gasteiger partial charge on any atom is -0.465 e. The number of hydrogen-bond acceptors (Lipinski definition) is 5. The third-order valence-corrected chi connectivity index (χ3v) is 3.05. The van der Waals surface area contributed by atoms with Crippen molar-refractivity contribution in [2.75, 3.05) is 12.0 Å². The molecule has 0 saturated heterocycles. The van der Waals surface area contributed by atoms with E-state index >= 15 is 0 Å². The van der Waals surface area contributed by atoms with Crippen molar-refractivity contribution in [3.05, 3.63) is 27.7 Å². The molecule has 124 valence electrons. The molecule has 0 saturated carbocycles. The number of nitrogens with one attached hydrogen (secondary N) is 1. The fourth-order valence-electron chi connectivity index (χ4n) is 1.40. The third-order valence-electron chi connectivity index (χ3n) is 2.45. The number of nitriles is 1. The zero-order valence-corrected chi connectivity index (χ0v) is 13.1. The summed E-state index contributed by atoms with van der Waals surface area (Å²) >= 11 is 11.4. The Balaban J connectivity index is 2.92. The topological polar surface area (TPSA) is 74.5 Å². The van der Waals surface area contributed by atoms with Gasteiger partial charge < -0.3 is 4.74 Å². The van der Waals surface area contributed by atoms with E-state index in [9.17, 15) is 18.0 Å². The lowest BCUT2D eigenvalue weighted by atomic mass is 10.2. The van der Waals surface area contributed by atoms with Crippen LogP contribution in [0.4, 0.5) is 18.9 Å². The molecule has 1 atom stereocenters. The third kappa shape index (κ3) is 5.30. The van der Waals surface area contributed by atoms with Gasteiger partial charge in [-0.25, -0.2) is 0 Å². The molecule has 1 rings (SSSR count). The van der Waals surface area contributed by atoms with Crippen LogP contribution in [0.25, 0.3) is 0 Å². The first-order valence-electron chi connectivity index (χ1n) is 6.12. The highest BCUT2D eigenvalue weighted by atomic mass is 35.5. The van der Waals surface area contributed by atoms with Gasteiger partial charge in [0.15, 0.2) is 5.92 Å². The van der Waals surface area contributed by atoms with Crippen molar-refractivity contribution < 1.29 is 22.7 Å². The number of benzene rings is 1. The van der Waals surface area contributed by atoms with Crippen LogP contribution in [0.2, 0.25) is 10.0 Å². The van der Waals surface area contributed by atoms with Crippen molar-refractivity contribution in [1.82, 2.24) is 0 Å². The lowest BCUT2D eigenvalue weighted by Crippen LogP contribution is -2.17. The van der Waals surface area contributed by atoms with Gasteiger partial charge in [0.1, 0.15) is 0 Å². The number of esters is 1. The largest absolute Gasteiger partial charge is 0.465 e. The van der Waals surface area contributed by atoms with Crippen LogP contribution in [0.1, 0.15) is 12.5 Å². The summed E-state index contributed by atoms with van der Waals surface area (Å²) in [5, 5.41) is 11.8. The summed E-state index contributed by atoms with van der Waals surface area (Å²) in [6.07, 6.45) is -3.66. The average molecular weight is 368 g/mol. The monoisotopic (exact) mass is 367 g/mol. The Labute approximate surface area is 139 Å².